The normalized spacial score (nSPS) is 11.3. The van der Waals surface area contributed by atoms with Gasteiger partial charge in [-0.1, -0.05) is 24.3 Å². The fourth-order valence-electron chi connectivity index (χ4n) is 2.89. The smallest absolute Gasteiger partial charge is 0.247 e. The number of benzene rings is 2. The van der Waals surface area contributed by atoms with Gasteiger partial charge in [-0.15, -0.1) is 0 Å². The first-order chi connectivity index (χ1) is 12.1. The lowest BCUT2D eigenvalue weighted by Gasteiger charge is -2.28. The Labute approximate surface area is 156 Å². The molecular formula is C20H26N2O3S. The van der Waals surface area contributed by atoms with Crippen molar-refractivity contribution < 1.29 is 13.2 Å². The highest BCUT2D eigenvalue weighted by Crippen LogP contribution is 2.25. The number of sulfonamides is 1. The number of hydrogen-bond acceptors (Lipinski definition) is 3. The van der Waals surface area contributed by atoms with Gasteiger partial charge in [-0.2, -0.15) is 0 Å². The maximum absolute atomic E-state index is 12.9. The zero-order chi connectivity index (χ0) is 19.5. The van der Waals surface area contributed by atoms with Crippen LogP contribution in [0.15, 0.2) is 42.5 Å². The summed E-state index contributed by atoms with van der Waals surface area (Å²) in [6.07, 6.45) is 1.13. The van der Waals surface area contributed by atoms with Crippen molar-refractivity contribution in [2.45, 2.75) is 27.7 Å². The van der Waals surface area contributed by atoms with Gasteiger partial charge in [0.15, 0.2) is 0 Å². The molecule has 2 aromatic carbocycles. The fraction of sp³-hybridized carbons (Fsp3) is 0.350. The first-order valence-electron chi connectivity index (χ1n) is 8.56. The molecule has 0 aliphatic heterocycles. The molecule has 0 saturated heterocycles. The second-order valence-corrected chi connectivity index (χ2v) is 8.37. The Morgan fingerprint density at radius 2 is 1.69 bits per heavy atom. The average Bonchev–Trinajstić information content (AvgIpc) is 2.55. The summed E-state index contributed by atoms with van der Waals surface area (Å²) in [5.74, 6) is -0.260. The van der Waals surface area contributed by atoms with Gasteiger partial charge in [0.1, 0.15) is 6.54 Å². The molecule has 0 fully saturated rings. The lowest BCUT2D eigenvalue weighted by Crippen LogP contribution is -2.43. The van der Waals surface area contributed by atoms with Crippen molar-refractivity contribution in [2.24, 2.45) is 0 Å². The number of aryl methyl sites for hydroxylation is 2. The predicted molar refractivity (Wildman–Crippen MR) is 107 cm³/mol. The van der Waals surface area contributed by atoms with E-state index in [4.69, 9.17) is 0 Å². The van der Waals surface area contributed by atoms with E-state index in [1.165, 1.54) is 4.31 Å². The number of likely N-dealkylation sites (N-methyl/N-ethyl adjacent to an activating group) is 1. The molecule has 0 aromatic heterocycles. The molecular weight excluding hydrogens is 348 g/mol. The number of nitrogens with zero attached hydrogens (tertiary/aromatic N) is 2. The SMILES string of the molecule is CCN(C(=O)CN(c1cccc(C)c1C)S(C)(=O)=O)c1cccc(C)c1. The monoisotopic (exact) mass is 374 g/mol. The van der Waals surface area contributed by atoms with Crippen LogP contribution in [0, 0.1) is 20.8 Å². The summed E-state index contributed by atoms with van der Waals surface area (Å²) in [5.41, 5.74) is 4.19. The van der Waals surface area contributed by atoms with Gasteiger partial charge < -0.3 is 4.90 Å². The van der Waals surface area contributed by atoms with Gasteiger partial charge in [-0.05, 0) is 62.6 Å². The van der Waals surface area contributed by atoms with E-state index in [1.807, 2.05) is 58.0 Å². The van der Waals surface area contributed by atoms with Crippen LogP contribution < -0.4 is 9.21 Å². The molecule has 0 saturated carbocycles. The molecule has 2 rings (SSSR count). The third-order valence-electron chi connectivity index (χ3n) is 4.45. The van der Waals surface area contributed by atoms with Crippen LogP contribution in [0.1, 0.15) is 23.6 Å². The Morgan fingerprint density at radius 3 is 2.27 bits per heavy atom. The highest BCUT2D eigenvalue weighted by molar-refractivity contribution is 7.92. The molecule has 26 heavy (non-hydrogen) atoms. The predicted octanol–water partition coefficient (Wildman–Crippen LogP) is 3.43. The molecule has 140 valence electrons. The lowest BCUT2D eigenvalue weighted by molar-refractivity contribution is -0.117. The van der Waals surface area contributed by atoms with Gasteiger partial charge in [-0.3, -0.25) is 9.10 Å². The summed E-state index contributed by atoms with van der Waals surface area (Å²) in [4.78, 5) is 14.5. The van der Waals surface area contributed by atoms with Crippen molar-refractivity contribution in [3.05, 3.63) is 59.2 Å². The standard InChI is InChI=1S/C20H26N2O3S/c1-6-21(18-11-7-9-15(2)13-18)20(23)14-22(26(5,24)25)19-12-8-10-16(3)17(19)4/h7-13H,6,14H2,1-5H3. The van der Waals surface area contributed by atoms with Crippen LogP contribution in [0.25, 0.3) is 0 Å². The third-order valence-corrected chi connectivity index (χ3v) is 5.58. The quantitative estimate of drug-likeness (QED) is 0.778. The molecule has 2 aromatic rings. The molecule has 5 nitrogen and oxygen atoms in total. The largest absolute Gasteiger partial charge is 0.311 e. The van der Waals surface area contributed by atoms with E-state index in [0.29, 0.717) is 12.2 Å². The van der Waals surface area contributed by atoms with Crippen LogP contribution in [-0.4, -0.2) is 33.7 Å². The minimum Gasteiger partial charge on any atom is -0.311 e. The Kier molecular flexibility index (Phi) is 6.08. The van der Waals surface area contributed by atoms with E-state index in [2.05, 4.69) is 0 Å². The summed E-state index contributed by atoms with van der Waals surface area (Å²) in [7, 11) is -3.60. The third kappa shape index (κ3) is 4.43. The van der Waals surface area contributed by atoms with E-state index in [9.17, 15) is 13.2 Å². The Bertz CT molecular complexity index is 907. The molecule has 0 N–H and O–H groups in total. The van der Waals surface area contributed by atoms with Crippen molar-refractivity contribution in [1.82, 2.24) is 0 Å². The Hall–Kier alpha value is -2.34. The number of carbonyl (C=O) groups excluding carboxylic acids is 1. The van der Waals surface area contributed by atoms with Crippen molar-refractivity contribution >= 4 is 27.3 Å². The van der Waals surface area contributed by atoms with Crippen molar-refractivity contribution in [1.29, 1.82) is 0 Å². The molecule has 6 heteroatoms. The molecule has 0 aliphatic carbocycles. The van der Waals surface area contributed by atoms with Crippen LogP contribution in [0.5, 0.6) is 0 Å². The number of amides is 1. The van der Waals surface area contributed by atoms with Crippen LogP contribution in [-0.2, 0) is 14.8 Å². The first kappa shape index (κ1) is 20.0. The Balaban J connectivity index is 2.39. The highest BCUT2D eigenvalue weighted by Gasteiger charge is 2.25. The molecule has 0 bridgehead atoms. The highest BCUT2D eigenvalue weighted by atomic mass is 32.2. The molecule has 0 aliphatic rings. The summed E-state index contributed by atoms with van der Waals surface area (Å²) in [5, 5.41) is 0. The zero-order valence-electron chi connectivity index (χ0n) is 16.0. The first-order valence-corrected chi connectivity index (χ1v) is 10.4. The summed E-state index contributed by atoms with van der Waals surface area (Å²) < 4.78 is 26.0. The van der Waals surface area contributed by atoms with Crippen molar-refractivity contribution in [3.8, 4) is 0 Å². The molecule has 0 unspecified atom stereocenters. The van der Waals surface area contributed by atoms with Gasteiger partial charge in [-0.25, -0.2) is 8.42 Å². The zero-order valence-corrected chi connectivity index (χ0v) is 16.8. The molecule has 1 amide bonds. The molecule has 0 atom stereocenters. The number of hydrogen-bond donors (Lipinski definition) is 0. The maximum atomic E-state index is 12.9. The molecule has 0 heterocycles. The van der Waals surface area contributed by atoms with E-state index < -0.39 is 10.0 Å². The van der Waals surface area contributed by atoms with Gasteiger partial charge in [0.2, 0.25) is 15.9 Å². The minimum atomic E-state index is -3.60. The summed E-state index contributed by atoms with van der Waals surface area (Å²) in [6.45, 7) is 7.86. The van der Waals surface area contributed by atoms with E-state index in [0.717, 1.165) is 28.6 Å². The summed E-state index contributed by atoms with van der Waals surface area (Å²) >= 11 is 0. The Morgan fingerprint density at radius 1 is 1.04 bits per heavy atom. The second kappa shape index (κ2) is 7.91. The second-order valence-electron chi connectivity index (χ2n) is 6.47. The summed E-state index contributed by atoms with van der Waals surface area (Å²) in [6, 6.07) is 13.1. The van der Waals surface area contributed by atoms with Crippen LogP contribution in [0.3, 0.4) is 0 Å². The lowest BCUT2D eigenvalue weighted by atomic mass is 10.1. The average molecular weight is 375 g/mol. The van der Waals surface area contributed by atoms with E-state index in [1.54, 1.807) is 17.0 Å². The topological polar surface area (TPSA) is 57.7 Å². The van der Waals surface area contributed by atoms with E-state index in [-0.39, 0.29) is 12.5 Å². The van der Waals surface area contributed by atoms with Gasteiger partial charge in [0.25, 0.3) is 0 Å². The molecule has 0 radical (unpaired) electrons. The van der Waals surface area contributed by atoms with Crippen molar-refractivity contribution in [3.63, 3.8) is 0 Å². The van der Waals surface area contributed by atoms with Gasteiger partial charge in [0, 0.05) is 12.2 Å². The van der Waals surface area contributed by atoms with Crippen molar-refractivity contribution in [2.75, 3.05) is 28.6 Å². The number of rotatable bonds is 6. The van der Waals surface area contributed by atoms with E-state index >= 15 is 0 Å². The maximum Gasteiger partial charge on any atom is 0.247 e. The van der Waals surface area contributed by atoms with Gasteiger partial charge >= 0.3 is 0 Å². The molecule has 0 spiro atoms. The minimum absolute atomic E-state index is 0.231. The van der Waals surface area contributed by atoms with Crippen LogP contribution in [0.2, 0.25) is 0 Å². The van der Waals surface area contributed by atoms with Gasteiger partial charge in [0.05, 0.1) is 11.9 Å². The number of carbonyl (C=O) groups is 1. The fourth-order valence-corrected chi connectivity index (χ4v) is 3.79. The number of anilines is 2. The van der Waals surface area contributed by atoms with Crippen LogP contribution >= 0.6 is 0 Å². The van der Waals surface area contributed by atoms with Crippen LogP contribution in [0.4, 0.5) is 11.4 Å².